The van der Waals surface area contributed by atoms with Gasteiger partial charge in [0.25, 0.3) is 0 Å². The number of β-amino-alcohol motifs (C(OH)–C–C–N with tert-alkyl or cyclic N) is 1. The highest BCUT2D eigenvalue weighted by Crippen LogP contribution is 2.19. The third-order valence-electron chi connectivity index (χ3n) is 3.53. The second-order valence-corrected chi connectivity index (χ2v) is 6.07. The highest BCUT2D eigenvalue weighted by Gasteiger charge is 2.24. The van der Waals surface area contributed by atoms with Gasteiger partial charge in [-0.2, -0.15) is 0 Å². The first-order valence-corrected chi connectivity index (χ1v) is 7.88. The van der Waals surface area contributed by atoms with E-state index in [4.69, 9.17) is 4.52 Å². The van der Waals surface area contributed by atoms with E-state index in [1.807, 2.05) is 13.8 Å². The molecule has 1 aromatic heterocycles. The van der Waals surface area contributed by atoms with Crippen molar-refractivity contribution in [2.75, 3.05) is 25.4 Å². The Balaban J connectivity index is 1.65. The van der Waals surface area contributed by atoms with Gasteiger partial charge in [0.05, 0.1) is 17.6 Å². The van der Waals surface area contributed by atoms with Gasteiger partial charge in [-0.15, -0.1) is 11.8 Å². The molecule has 1 aliphatic rings. The molecule has 0 aliphatic carbocycles. The average Bonchev–Trinajstić information content (AvgIpc) is 2.96. The number of nitrogens with one attached hydrogen (secondary N) is 2. The number of aryl methyl sites for hydroxylation is 2. The van der Waals surface area contributed by atoms with Crippen molar-refractivity contribution in [1.29, 1.82) is 0 Å². The molecule has 1 fully saturated rings. The summed E-state index contributed by atoms with van der Waals surface area (Å²) in [6, 6.07) is 0. The van der Waals surface area contributed by atoms with Gasteiger partial charge in [0.2, 0.25) is 5.91 Å². The molecule has 3 N–H and O–H groups in total. The summed E-state index contributed by atoms with van der Waals surface area (Å²) in [5, 5.41) is 19.5. The summed E-state index contributed by atoms with van der Waals surface area (Å²) < 4.78 is 5.08. The average molecular weight is 299 g/mol. The van der Waals surface area contributed by atoms with E-state index in [0.717, 1.165) is 29.3 Å². The lowest BCUT2D eigenvalue weighted by Gasteiger charge is -2.13. The number of carbonyl (C=O) groups is 1. The minimum Gasteiger partial charge on any atom is -0.391 e. The zero-order valence-electron chi connectivity index (χ0n) is 11.8. The van der Waals surface area contributed by atoms with Gasteiger partial charge in [-0.05, 0) is 13.8 Å². The number of hydrogen-bond donors (Lipinski definition) is 3. The van der Waals surface area contributed by atoms with Crippen LogP contribution in [0.1, 0.15) is 17.0 Å². The van der Waals surface area contributed by atoms with Gasteiger partial charge in [0.15, 0.2) is 0 Å². The molecular weight excluding hydrogens is 278 g/mol. The molecule has 0 radical (unpaired) electrons. The molecule has 6 nitrogen and oxygen atoms in total. The van der Waals surface area contributed by atoms with Crippen molar-refractivity contribution in [3.8, 4) is 0 Å². The zero-order valence-corrected chi connectivity index (χ0v) is 12.6. The fourth-order valence-corrected chi connectivity index (χ4v) is 3.18. The van der Waals surface area contributed by atoms with Crippen LogP contribution in [0.15, 0.2) is 4.52 Å². The molecule has 2 atom stereocenters. The summed E-state index contributed by atoms with van der Waals surface area (Å²) in [5.74, 6) is 2.06. The predicted molar refractivity (Wildman–Crippen MR) is 77.5 cm³/mol. The molecular formula is C13H21N3O3S. The quantitative estimate of drug-likeness (QED) is 0.696. The van der Waals surface area contributed by atoms with E-state index in [-0.39, 0.29) is 17.9 Å². The van der Waals surface area contributed by atoms with Crippen LogP contribution in [0.3, 0.4) is 0 Å². The van der Waals surface area contributed by atoms with Crippen molar-refractivity contribution in [2.45, 2.75) is 25.7 Å². The maximum Gasteiger partial charge on any atom is 0.230 e. The molecule has 1 aromatic rings. The Bertz CT molecular complexity index is 444. The van der Waals surface area contributed by atoms with E-state index < -0.39 is 0 Å². The Morgan fingerprint density at radius 1 is 1.55 bits per heavy atom. The van der Waals surface area contributed by atoms with E-state index in [9.17, 15) is 9.90 Å². The van der Waals surface area contributed by atoms with E-state index in [1.165, 1.54) is 0 Å². The largest absolute Gasteiger partial charge is 0.391 e. The van der Waals surface area contributed by atoms with Crippen LogP contribution in [0.5, 0.6) is 0 Å². The van der Waals surface area contributed by atoms with Crippen molar-refractivity contribution in [2.24, 2.45) is 5.92 Å². The van der Waals surface area contributed by atoms with Gasteiger partial charge in [0, 0.05) is 36.9 Å². The zero-order chi connectivity index (χ0) is 14.5. The molecule has 112 valence electrons. The lowest BCUT2D eigenvalue weighted by Crippen LogP contribution is -2.35. The molecule has 20 heavy (non-hydrogen) atoms. The van der Waals surface area contributed by atoms with Crippen molar-refractivity contribution < 1.29 is 14.4 Å². The summed E-state index contributed by atoms with van der Waals surface area (Å²) >= 11 is 1.54. The van der Waals surface area contributed by atoms with Crippen LogP contribution in [0, 0.1) is 19.8 Å². The standard InChI is InChI=1S/C13H21N3O3S/c1-8-11(9(2)19-16-8)6-20-7-13(18)15-4-10-3-14-5-12(10)17/h10,12,14,17H,3-7H2,1-2H3,(H,15,18). The molecule has 2 unspecified atom stereocenters. The first-order valence-electron chi connectivity index (χ1n) is 6.73. The van der Waals surface area contributed by atoms with E-state index >= 15 is 0 Å². The summed E-state index contributed by atoms with van der Waals surface area (Å²) in [6.45, 7) is 5.68. The normalized spacial score (nSPS) is 22.1. The van der Waals surface area contributed by atoms with Gasteiger partial charge < -0.3 is 20.3 Å². The molecule has 0 spiro atoms. The minimum atomic E-state index is -0.356. The van der Waals surface area contributed by atoms with Crippen molar-refractivity contribution in [3.05, 3.63) is 17.0 Å². The Hall–Kier alpha value is -1.05. The number of thioether (sulfide) groups is 1. The van der Waals surface area contributed by atoms with Gasteiger partial charge in [-0.3, -0.25) is 4.79 Å². The second kappa shape index (κ2) is 7.10. The summed E-state index contributed by atoms with van der Waals surface area (Å²) in [5.41, 5.74) is 1.95. The fraction of sp³-hybridized carbons (Fsp3) is 0.692. The molecule has 7 heteroatoms. The monoisotopic (exact) mass is 299 g/mol. The molecule has 2 heterocycles. The Morgan fingerprint density at radius 2 is 2.35 bits per heavy atom. The first kappa shape index (κ1) is 15.3. The SMILES string of the molecule is Cc1noc(C)c1CSCC(=O)NCC1CNCC1O. The maximum atomic E-state index is 11.7. The van der Waals surface area contributed by atoms with Crippen molar-refractivity contribution >= 4 is 17.7 Å². The third kappa shape index (κ3) is 3.97. The highest BCUT2D eigenvalue weighted by atomic mass is 32.2. The second-order valence-electron chi connectivity index (χ2n) is 5.09. The summed E-state index contributed by atoms with van der Waals surface area (Å²) in [4.78, 5) is 11.7. The molecule has 0 bridgehead atoms. The van der Waals surface area contributed by atoms with E-state index in [1.54, 1.807) is 11.8 Å². The number of rotatable bonds is 6. The predicted octanol–water partition coefficient (Wildman–Crippen LogP) is 0.221. The first-order chi connectivity index (χ1) is 9.58. The highest BCUT2D eigenvalue weighted by molar-refractivity contribution is 7.99. The van der Waals surface area contributed by atoms with Gasteiger partial charge in [0.1, 0.15) is 5.76 Å². The topological polar surface area (TPSA) is 87.4 Å². The Kier molecular flexibility index (Phi) is 5.45. The number of hydrogen-bond acceptors (Lipinski definition) is 6. The van der Waals surface area contributed by atoms with Crippen LogP contribution < -0.4 is 10.6 Å². The lowest BCUT2D eigenvalue weighted by molar-refractivity contribution is -0.118. The van der Waals surface area contributed by atoms with E-state index in [2.05, 4.69) is 15.8 Å². The minimum absolute atomic E-state index is 0.000796. The van der Waals surface area contributed by atoms with E-state index in [0.29, 0.717) is 18.8 Å². The molecule has 0 saturated carbocycles. The molecule has 2 rings (SSSR count). The summed E-state index contributed by atoms with van der Waals surface area (Å²) in [6.07, 6.45) is -0.356. The molecule has 1 aliphatic heterocycles. The Labute approximate surface area is 122 Å². The Morgan fingerprint density at radius 3 is 2.95 bits per heavy atom. The number of aliphatic hydroxyl groups is 1. The molecule has 0 aromatic carbocycles. The van der Waals surface area contributed by atoms with Gasteiger partial charge in [-0.25, -0.2) is 0 Å². The number of carbonyl (C=O) groups excluding carboxylic acids is 1. The van der Waals surface area contributed by atoms with Crippen LogP contribution >= 0.6 is 11.8 Å². The number of aliphatic hydroxyl groups excluding tert-OH is 1. The van der Waals surface area contributed by atoms with Crippen LogP contribution in [0.4, 0.5) is 0 Å². The number of nitrogens with zero attached hydrogens (tertiary/aromatic N) is 1. The number of aromatic nitrogens is 1. The fourth-order valence-electron chi connectivity index (χ4n) is 2.18. The van der Waals surface area contributed by atoms with Crippen molar-refractivity contribution in [1.82, 2.24) is 15.8 Å². The van der Waals surface area contributed by atoms with Gasteiger partial charge in [-0.1, -0.05) is 5.16 Å². The van der Waals surface area contributed by atoms with Crippen LogP contribution in [0.25, 0.3) is 0 Å². The smallest absolute Gasteiger partial charge is 0.230 e. The van der Waals surface area contributed by atoms with Crippen LogP contribution in [-0.2, 0) is 10.5 Å². The molecule has 1 saturated heterocycles. The third-order valence-corrected chi connectivity index (χ3v) is 4.49. The van der Waals surface area contributed by atoms with Crippen LogP contribution in [-0.4, -0.2) is 47.7 Å². The number of amides is 1. The summed E-state index contributed by atoms with van der Waals surface area (Å²) in [7, 11) is 0. The lowest BCUT2D eigenvalue weighted by atomic mass is 10.1. The maximum absolute atomic E-state index is 11.7. The van der Waals surface area contributed by atoms with Gasteiger partial charge >= 0.3 is 0 Å². The van der Waals surface area contributed by atoms with Crippen LogP contribution in [0.2, 0.25) is 0 Å². The molecule has 1 amide bonds. The van der Waals surface area contributed by atoms with Crippen molar-refractivity contribution in [3.63, 3.8) is 0 Å².